The van der Waals surface area contributed by atoms with Crippen LogP contribution in [0.15, 0.2) is 28.7 Å². The van der Waals surface area contributed by atoms with Gasteiger partial charge < -0.3 is 14.5 Å². The van der Waals surface area contributed by atoms with Gasteiger partial charge >= 0.3 is 5.97 Å². The highest BCUT2D eigenvalue weighted by Crippen LogP contribution is 2.27. The third-order valence-electron chi connectivity index (χ3n) is 2.79. The van der Waals surface area contributed by atoms with Crippen LogP contribution in [0.4, 0.5) is 5.00 Å². The summed E-state index contributed by atoms with van der Waals surface area (Å²) in [6, 6.07) is 5.36. The SMILES string of the molecule is CCOC(=O)c1sc(NC(=O)/C=C/c2ccc(C)o2)cc1C. The maximum atomic E-state index is 11.9. The molecule has 2 heterocycles. The van der Waals surface area contributed by atoms with Gasteiger partial charge in [-0.3, -0.25) is 4.79 Å². The van der Waals surface area contributed by atoms with E-state index in [0.717, 1.165) is 11.3 Å². The zero-order valence-corrected chi connectivity index (χ0v) is 13.5. The Hall–Kier alpha value is -2.34. The molecule has 1 N–H and O–H groups in total. The molecule has 2 aromatic rings. The van der Waals surface area contributed by atoms with E-state index in [-0.39, 0.29) is 11.9 Å². The van der Waals surface area contributed by atoms with Crippen LogP contribution in [0.5, 0.6) is 0 Å². The maximum Gasteiger partial charge on any atom is 0.348 e. The molecule has 0 saturated carbocycles. The first kappa shape index (κ1) is 16.0. The number of hydrogen-bond acceptors (Lipinski definition) is 5. The zero-order chi connectivity index (χ0) is 16.1. The third-order valence-corrected chi connectivity index (χ3v) is 3.92. The summed E-state index contributed by atoms with van der Waals surface area (Å²) < 4.78 is 10.3. The lowest BCUT2D eigenvalue weighted by Gasteiger charge is -1.99. The van der Waals surface area contributed by atoms with Crippen LogP contribution < -0.4 is 5.32 Å². The number of carbonyl (C=O) groups is 2. The highest BCUT2D eigenvalue weighted by Gasteiger charge is 2.15. The quantitative estimate of drug-likeness (QED) is 0.672. The van der Waals surface area contributed by atoms with Gasteiger partial charge in [0.05, 0.1) is 11.6 Å². The smallest absolute Gasteiger partial charge is 0.348 e. The Bertz CT molecular complexity index is 712. The van der Waals surface area contributed by atoms with Gasteiger partial charge in [-0.1, -0.05) is 0 Å². The third kappa shape index (κ3) is 4.08. The molecule has 6 heteroatoms. The van der Waals surface area contributed by atoms with Crippen molar-refractivity contribution < 1.29 is 18.7 Å². The molecule has 0 fully saturated rings. The molecule has 0 radical (unpaired) electrons. The van der Waals surface area contributed by atoms with Crippen LogP contribution in [0.25, 0.3) is 6.08 Å². The summed E-state index contributed by atoms with van der Waals surface area (Å²) in [5.74, 6) is 0.744. The molecule has 1 amide bonds. The number of esters is 1. The Balaban J connectivity index is 2.01. The predicted molar refractivity (Wildman–Crippen MR) is 86.1 cm³/mol. The number of ether oxygens (including phenoxy) is 1. The first-order chi connectivity index (χ1) is 10.5. The Morgan fingerprint density at radius 1 is 1.36 bits per heavy atom. The van der Waals surface area contributed by atoms with E-state index < -0.39 is 0 Å². The largest absolute Gasteiger partial charge is 0.462 e. The van der Waals surface area contributed by atoms with Gasteiger partial charge in [-0.2, -0.15) is 0 Å². The average Bonchev–Trinajstić information content (AvgIpc) is 3.03. The lowest BCUT2D eigenvalue weighted by molar-refractivity contribution is -0.111. The molecule has 0 aliphatic carbocycles. The van der Waals surface area contributed by atoms with Crippen LogP contribution in [0.3, 0.4) is 0 Å². The fourth-order valence-corrected chi connectivity index (χ4v) is 2.78. The Morgan fingerprint density at radius 2 is 2.14 bits per heavy atom. The highest BCUT2D eigenvalue weighted by atomic mass is 32.1. The second-order valence-electron chi connectivity index (χ2n) is 4.61. The van der Waals surface area contributed by atoms with Gasteiger partial charge in [-0.25, -0.2) is 4.79 Å². The molecule has 0 spiro atoms. The number of hydrogen-bond donors (Lipinski definition) is 1. The second kappa shape index (κ2) is 7.09. The molecule has 0 saturated heterocycles. The minimum Gasteiger partial charge on any atom is -0.462 e. The number of aryl methyl sites for hydroxylation is 2. The van der Waals surface area contributed by atoms with E-state index >= 15 is 0 Å². The van der Waals surface area contributed by atoms with Crippen molar-refractivity contribution in [2.75, 3.05) is 11.9 Å². The summed E-state index contributed by atoms with van der Waals surface area (Å²) in [4.78, 5) is 24.1. The molecule has 0 unspecified atom stereocenters. The number of thiophene rings is 1. The fraction of sp³-hybridized carbons (Fsp3) is 0.250. The van der Waals surface area contributed by atoms with Crippen molar-refractivity contribution in [3.63, 3.8) is 0 Å². The molecular formula is C16H17NO4S. The molecule has 2 rings (SSSR count). The standard InChI is InChI=1S/C16H17NO4S/c1-4-20-16(19)15-10(2)9-14(22-15)17-13(18)8-7-12-6-5-11(3)21-12/h5-9H,4H2,1-3H3,(H,17,18)/b8-7+. The summed E-state index contributed by atoms with van der Waals surface area (Å²) in [6.45, 7) is 5.72. The number of rotatable bonds is 5. The van der Waals surface area contributed by atoms with Gasteiger partial charge in [0.15, 0.2) is 0 Å². The minimum absolute atomic E-state index is 0.286. The van der Waals surface area contributed by atoms with Gasteiger partial charge in [-0.15, -0.1) is 11.3 Å². The molecule has 116 valence electrons. The van der Waals surface area contributed by atoms with Crippen molar-refractivity contribution in [2.24, 2.45) is 0 Å². The average molecular weight is 319 g/mol. The molecule has 0 aliphatic rings. The molecule has 0 aliphatic heterocycles. The number of amides is 1. The molecule has 22 heavy (non-hydrogen) atoms. The van der Waals surface area contributed by atoms with Crippen LogP contribution in [0.2, 0.25) is 0 Å². The maximum absolute atomic E-state index is 11.9. The Kier molecular flexibility index (Phi) is 5.16. The molecule has 0 atom stereocenters. The van der Waals surface area contributed by atoms with E-state index in [4.69, 9.17) is 9.15 Å². The van der Waals surface area contributed by atoms with E-state index in [1.807, 2.05) is 13.0 Å². The van der Waals surface area contributed by atoms with Crippen molar-refractivity contribution in [2.45, 2.75) is 20.8 Å². The summed E-state index contributed by atoms with van der Waals surface area (Å²) in [6.07, 6.45) is 2.98. The summed E-state index contributed by atoms with van der Waals surface area (Å²) in [5.41, 5.74) is 0.782. The second-order valence-corrected chi connectivity index (χ2v) is 5.67. The highest BCUT2D eigenvalue weighted by molar-refractivity contribution is 7.18. The van der Waals surface area contributed by atoms with E-state index in [1.54, 1.807) is 32.1 Å². The lowest BCUT2D eigenvalue weighted by atomic mass is 10.3. The number of carbonyl (C=O) groups excluding carboxylic acids is 2. The van der Waals surface area contributed by atoms with Crippen molar-refractivity contribution in [3.05, 3.63) is 46.2 Å². The van der Waals surface area contributed by atoms with E-state index in [9.17, 15) is 9.59 Å². The fourth-order valence-electron chi connectivity index (χ4n) is 1.81. The van der Waals surface area contributed by atoms with Crippen molar-refractivity contribution >= 4 is 34.3 Å². The minimum atomic E-state index is -0.368. The number of furan rings is 1. The molecule has 2 aromatic heterocycles. The van der Waals surface area contributed by atoms with Crippen molar-refractivity contribution in [1.29, 1.82) is 0 Å². The van der Waals surface area contributed by atoms with E-state index in [0.29, 0.717) is 22.2 Å². The van der Waals surface area contributed by atoms with Gasteiger partial charge in [-0.05, 0) is 50.6 Å². The normalized spacial score (nSPS) is 10.9. The van der Waals surface area contributed by atoms with Gasteiger partial charge in [0.1, 0.15) is 16.4 Å². The van der Waals surface area contributed by atoms with E-state index in [2.05, 4.69) is 5.32 Å². The first-order valence-corrected chi connectivity index (χ1v) is 7.64. The van der Waals surface area contributed by atoms with Gasteiger partial charge in [0.2, 0.25) is 5.91 Å². The topological polar surface area (TPSA) is 68.5 Å². The van der Waals surface area contributed by atoms with Gasteiger partial charge in [0.25, 0.3) is 0 Å². The van der Waals surface area contributed by atoms with Crippen LogP contribution in [-0.2, 0) is 9.53 Å². The van der Waals surface area contributed by atoms with Crippen LogP contribution >= 0.6 is 11.3 Å². The lowest BCUT2D eigenvalue weighted by Crippen LogP contribution is -2.06. The van der Waals surface area contributed by atoms with Gasteiger partial charge in [0, 0.05) is 6.08 Å². The molecule has 0 bridgehead atoms. The molecule has 5 nitrogen and oxygen atoms in total. The van der Waals surface area contributed by atoms with Crippen LogP contribution in [0.1, 0.15) is 33.7 Å². The monoisotopic (exact) mass is 319 g/mol. The summed E-state index contributed by atoms with van der Waals surface area (Å²) in [7, 11) is 0. The summed E-state index contributed by atoms with van der Waals surface area (Å²) >= 11 is 1.20. The van der Waals surface area contributed by atoms with Crippen molar-refractivity contribution in [3.8, 4) is 0 Å². The molecular weight excluding hydrogens is 302 g/mol. The zero-order valence-electron chi connectivity index (χ0n) is 12.6. The number of nitrogens with one attached hydrogen (secondary N) is 1. The number of anilines is 1. The van der Waals surface area contributed by atoms with Crippen molar-refractivity contribution in [1.82, 2.24) is 0 Å². The predicted octanol–water partition coefficient (Wildman–Crippen LogP) is 3.79. The Labute approximate surface area is 132 Å². The van der Waals surface area contributed by atoms with Crippen LogP contribution in [0, 0.1) is 13.8 Å². The summed E-state index contributed by atoms with van der Waals surface area (Å²) in [5, 5.41) is 3.32. The molecule has 0 aromatic carbocycles. The Morgan fingerprint density at radius 3 is 2.77 bits per heavy atom. The van der Waals surface area contributed by atoms with E-state index in [1.165, 1.54) is 17.4 Å². The van der Waals surface area contributed by atoms with Crippen LogP contribution in [-0.4, -0.2) is 18.5 Å². The first-order valence-electron chi connectivity index (χ1n) is 6.82.